The van der Waals surface area contributed by atoms with Crippen molar-refractivity contribution in [3.05, 3.63) is 17.3 Å². The molecule has 0 spiro atoms. The minimum Gasteiger partial charge on any atom is -0.476 e. The summed E-state index contributed by atoms with van der Waals surface area (Å²) >= 11 is 1.40. The SMILES string of the molecule is C#CCN(CC)c1nc2sccn2c1C(=O)O. The monoisotopic (exact) mass is 249 g/mol. The van der Waals surface area contributed by atoms with Gasteiger partial charge < -0.3 is 10.0 Å². The Balaban J connectivity index is 2.59. The van der Waals surface area contributed by atoms with E-state index in [1.165, 1.54) is 11.3 Å². The molecule has 0 saturated heterocycles. The van der Waals surface area contributed by atoms with Crippen LogP contribution in [0.4, 0.5) is 5.82 Å². The van der Waals surface area contributed by atoms with Crippen LogP contribution in [-0.2, 0) is 0 Å². The number of carbonyl (C=O) groups is 1. The zero-order valence-electron chi connectivity index (χ0n) is 9.25. The molecule has 6 heteroatoms. The van der Waals surface area contributed by atoms with Crippen molar-refractivity contribution in [1.82, 2.24) is 9.38 Å². The summed E-state index contributed by atoms with van der Waals surface area (Å²) in [5.41, 5.74) is 0.165. The second kappa shape index (κ2) is 4.47. The molecule has 5 nitrogen and oxygen atoms in total. The quantitative estimate of drug-likeness (QED) is 0.835. The van der Waals surface area contributed by atoms with Crippen LogP contribution in [0.2, 0.25) is 0 Å². The topological polar surface area (TPSA) is 57.8 Å². The average Bonchev–Trinajstić information content (AvgIpc) is 2.84. The number of imidazole rings is 1. The number of nitrogens with zero attached hydrogens (tertiary/aromatic N) is 3. The lowest BCUT2D eigenvalue weighted by Gasteiger charge is -2.17. The smallest absolute Gasteiger partial charge is 0.356 e. The summed E-state index contributed by atoms with van der Waals surface area (Å²) in [6, 6.07) is 0. The van der Waals surface area contributed by atoms with E-state index in [9.17, 15) is 9.90 Å². The fourth-order valence-electron chi connectivity index (χ4n) is 1.64. The third kappa shape index (κ3) is 1.85. The van der Waals surface area contributed by atoms with Gasteiger partial charge in [-0.3, -0.25) is 4.40 Å². The normalized spacial score (nSPS) is 10.4. The first-order valence-electron chi connectivity index (χ1n) is 5.06. The third-order valence-corrected chi connectivity index (χ3v) is 3.17. The summed E-state index contributed by atoms with van der Waals surface area (Å²) < 4.78 is 1.57. The predicted octanol–water partition coefficient (Wildman–Crippen LogP) is 1.55. The summed E-state index contributed by atoms with van der Waals surface area (Å²) in [7, 11) is 0. The Bertz CT molecular complexity index is 593. The largest absolute Gasteiger partial charge is 0.476 e. The lowest BCUT2D eigenvalue weighted by Crippen LogP contribution is -2.25. The number of aromatic carboxylic acids is 1. The highest BCUT2D eigenvalue weighted by Crippen LogP contribution is 2.24. The van der Waals surface area contributed by atoms with E-state index in [0.717, 1.165) is 0 Å². The van der Waals surface area contributed by atoms with Gasteiger partial charge in [-0.15, -0.1) is 17.8 Å². The van der Waals surface area contributed by atoms with Crippen LogP contribution >= 0.6 is 11.3 Å². The van der Waals surface area contributed by atoms with Crippen LogP contribution in [0.3, 0.4) is 0 Å². The van der Waals surface area contributed by atoms with Crippen LogP contribution < -0.4 is 4.90 Å². The number of aromatic nitrogens is 2. The highest BCUT2D eigenvalue weighted by Gasteiger charge is 2.22. The van der Waals surface area contributed by atoms with Gasteiger partial charge in [0.15, 0.2) is 16.5 Å². The average molecular weight is 249 g/mol. The molecule has 0 aliphatic rings. The van der Waals surface area contributed by atoms with E-state index in [1.54, 1.807) is 20.9 Å². The van der Waals surface area contributed by atoms with Crippen molar-refractivity contribution in [3.8, 4) is 12.3 Å². The summed E-state index contributed by atoms with van der Waals surface area (Å²) in [5.74, 6) is 1.94. The molecule has 0 saturated carbocycles. The molecule has 0 amide bonds. The number of hydrogen-bond acceptors (Lipinski definition) is 4. The Kier molecular flexibility index (Phi) is 3.02. The lowest BCUT2D eigenvalue weighted by atomic mass is 10.3. The van der Waals surface area contributed by atoms with Gasteiger partial charge in [0.2, 0.25) is 0 Å². The zero-order chi connectivity index (χ0) is 12.4. The van der Waals surface area contributed by atoms with Crippen LogP contribution in [0.25, 0.3) is 4.96 Å². The maximum Gasteiger partial charge on any atom is 0.356 e. The van der Waals surface area contributed by atoms with Gasteiger partial charge in [-0.05, 0) is 6.92 Å². The number of carboxylic acid groups (broad SMARTS) is 1. The highest BCUT2D eigenvalue weighted by molar-refractivity contribution is 7.15. The second-order valence-electron chi connectivity index (χ2n) is 3.36. The molecule has 0 aromatic carbocycles. The molecule has 0 aliphatic carbocycles. The Morgan fingerprint density at radius 3 is 3.12 bits per heavy atom. The maximum atomic E-state index is 11.3. The molecule has 17 heavy (non-hydrogen) atoms. The number of carboxylic acids is 1. The molecule has 0 radical (unpaired) electrons. The number of thiazole rings is 1. The number of terminal acetylenes is 1. The molecule has 0 atom stereocenters. The van der Waals surface area contributed by atoms with Crippen molar-refractivity contribution in [2.24, 2.45) is 0 Å². The molecular formula is C11H11N3O2S. The number of rotatable bonds is 4. The molecule has 2 aromatic heterocycles. The second-order valence-corrected chi connectivity index (χ2v) is 4.24. The van der Waals surface area contributed by atoms with Gasteiger partial charge in [-0.25, -0.2) is 9.78 Å². The van der Waals surface area contributed by atoms with Gasteiger partial charge in [0.1, 0.15) is 0 Å². The fourth-order valence-corrected chi connectivity index (χ4v) is 2.35. The highest BCUT2D eigenvalue weighted by atomic mass is 32.1. The molecule has 0 aliphatic heterocycles. The Morgan fingerprint density at radius 1 is 1.76 bits per heavy atom. The molecule has 2 heterocycles. The van der Waals surface area contributed by atoms with E-state index in [0.29, 0.717) is 23.9 Å². The van der Waals surface area contributed by atoms with E-state index in [1.807, 2.05) is 6.92 Å². The van der Waals surface area contributed by atoms with Crippen molar-refractivity contribution in [2.75, 3.05) is 18.0 Å². The van der Waals surface area contributed by atoms with Crippen LogP contribution in [0.5, 0.6) is 0 Å². The maximum absolute atomic E-state index is 11.3. The predicted molar refractivity (Wildman–Crippen MR) is 66.7 cm³/mol. The Labute approximate surface area is 102 Å². The first kappa shape index (κ1) is 11.5. The van der Waals surface area contributed by atoms with Gasteiger partial charge in [0.25, 0.3) is 0 Å². The van der Waals surface area contributed by atoms with E-state index < -0.39 is 5.97 Å². The fraction of sp³-hybridized carbons (Fsp3) is 0.273. The molecule has 0 unspecified atom stereocenters. The van der Waals surface area contributed by atoms with Gasteiger partial charge in [-0.1, -0.05) is 5.92 Å². The molecule has 0 fully saturated rings. The Hall–Kier alpha value is -2.00. The minimum absolute atomic E-state index is 0.165. The first-order chi connectivity index (χ1) is 8.19. The number of anilines is 1. The standard InChI is InChI=1S/C11H11N3O2S/c1-3-5-13(4-2)9-8(10(15)16)14-6-7-17-11(14)12-9/h1,6-7H,4-5H2,2H3,(H,15,16). The van der Waals surface area contributed by atoms with Crippen molar-refractivity contribution in [2.45, 2.75) is 6.92 Å². The molecule has 2 rings (SSSR count). The van der Waals surface area contributed by atoms with E-state index in [4.69, 9.17) is 6.42 Å². The van der Waals surface area contributed by atoms with Crippen molar-refractivity contribution >= 4 is 28.1 Å². The Morgan fingerprint density at radius 2 is 2.53 bits per heavy atom. The summed E-state index contributed by atoms with van der Waals surface area (Å²) in [6.45, 7) is 2.88. The molecule has 2 aromatic rings. The lowest BCUT2D eigenvalue weighted by molar-refractivity contribution is 0.0690. The van der Waals surface area contributed by atoms with Gasteiger partial charge in [0.05, 0.1) is 6.54 Å². The van der Waals surface area contributed by atoms with E-state index >= 15 is 0 Å². The summed E-state index contributed by atoms with van der Waals surface area (Å²) in [4.78, 5) is 18.0. The van der Waals surface area contributed by atoms with Crippen LogP contribution in [0.1, 0.15) is 17.4 Å². The van der Waals surface area contributed by atoms with E-state index in [2.05, 4.69) is 10.9 Å². The summed E-state index contributed by atoms with van der Waals surface area (Å²) in [5, 5.41) is 11.1. The van der Waals surface area contributed by atoms with Crippen LogP contribution in [-0.4, -0.2) is 33.6 Å². The van der Waals surface area contributed by atoms with E-state index in [-0.39, 0.29) is 5.69 Å². The molecule has 88 valence electrons. The molecule has 0 bridgehead atoms. The van der Waals surface area contributed by atoms with Gasteiger partial charge in [-0.2, -0.15) is 0 Å². The van der Waals surface area contributed by atoms with Crippen molar-refractivity contribution in [1.29, 1.82) is 0 Å². The van der Waals surface area contributed by atoms with Gasteiger partial charge in [0, 0.05) is 18.1 Å². The van der Waals surface area contributed by atoms with Crippen molar-refractivity contribution in [3.63, 3.8) is 0 Å². The number of hydrogen-bond donors (Lipinski definition) is 1. The van der Waals surface area contributed by atoms with Crippen LogP contribution in [0.15, 0.2) is 11.6 Å². The molecule has 1 N–H and O–H groups in total. The molecular weight excluding hydrogens is 238 g/mol. The van der Waals surface area contributed by atoms with Crippen molar-refractivity contribution < 1.29 is 9.90 Å². The summed E-state index contributed by atoms with van der Waals surface area (Å²) in [6.07, 6.45) is 6.97. The minimum atomic E-state index is -0.999. The number of fused-ring (bicyclic) bond motifs is 1. The zero-order valence-corrected chi connectivity index (χ0v) is 10.1. The van der Waals surface area contributed by atoms with Gasteiger partial charge >= 0.3 is 5.97 Å². The first-order valence-corrected chi connectivity index (χ1v) is 5.94. The van der Waals surface area contributed by atoms with Crippen LogP contribution in [0, 0.1) is 12.3 Å². The third-order valence-electron chi connectivity index (χ3n) is 2.41.